The molecule has 28 heavy (non-hydrogen) atoms. The van der Waals surface area contributed by atoms with E-state index in [-0.39, 0.29) is 5.25 Å². The van der Waals surface area contributed by atoms with Crippen LogP contribution in [0.15, 0.2) is 84.3 Å². The van der Waals surface area contributed by atoms with Crippen molar-refractivity contribution in [2.75, 3.05) is 0 Å². The van der Waals surface area contributed by atoms with Crippen LogP contribution in [-0.4, -0.2) is 19.7 Å². The molecule has 2 aromatic heterocycles. The molecule has 2 heterocycles. The summed E-state index contributed by atoms with van der Waals surface area (Å²) < 4.78 is 2.14. The van der Waals surface area contributed by atoms with Gasteiger partial charge in [-0.15, -0.1) is 10.2 Å². The fraction of sp³-hybridized carbons (Fsp3) is 0.136. The molecule has 0 N–H and O–H groups in total. The smallest absolute Gasteiger partial charge is 0.192 e. The summed E-state index contributed by atoms with van der Waals surface area (Å²) in [6, 6.07) is 22.2. The largest absolute Gasteiger partial charge is 0.297 e. The van der Waals surface area contributed by atoms with Gasteiger partial charge in [0.25, 0.3) is 0 Å². The van der Waals surface area contributed by atoms with Crippen LogP contribution in [0.2, 0.25) is 5.02 Å². The van der Waals surface area contributed by atoms with Crippen LogP contribution >= 0.6 is 23.4 Å². The van der Waals surface area contributed by atoms with E-state index in [1.54, 1.807) is 18.0 Å². The van der Waals surface area contributed by atoms with E-state index < -0.39 is 0 Å². The molecule has 0 radical (unpaired) electrons. The zero-order chi connectivity index (χ0) is 19.3. The third-order valence-electron chi connectivity index (χ3n) is 4.45. The zero-order valence-corrected chi connectivity index (χ0v) is 16.9. The Morgan fingerprint density at radius 3 is 2.50 bits per heavy atom. The molecule has 0 amide bonds. The van der Waals surface area contributed by atoms with E-state index in [0.29, 0.717) is 6.54 Å². The number of hydrogen-bond acceptors (Lipinski definition) is 4. The average molecular weight is 407 g/mol. The van der Waals surface area contributed by atoms with Gasteiger partial charge < -0.3 is 0 Å². The normalized spacial score (nSPS) is 12.1. The predicted molar refractivity (Wildman–Crippen MR) is 115 cm³/mol. The lowest BCUT2D eigenvalue weighted by Gasteiger charge is -2.15. The summed E-state index contributed by atoms with van der Waals surface area (Å²) in [5.41, 5.74) is 3.23. The molecule has 1 atom stereocenters. The minimum atomic E-state index is 0.147. The maximum atomic E-state index is 6.39. The van der Waals surface area contributed by atoms with Crippen LogP contribution in [-0.2, 0) is 6.54 Å². The minimum Gasteiger partial charge on any atom is -0.297 e. The number of benzene rings is 2. The van der Waals surface area contributed by atoms with Crippen molar-refractivity contribution in [2.24, 2.45) is 0 Å². The third-order valence-corrected chi connectivity index (χ3v) is 5.91. The van der Waals surface area contributed by atoms with Gasteiger partial charge in [-0.3, -0.25) is 9.55 Å². The highest BCUT2D eigenvalue weighted by atomic mass is 35.5. The SMILES string of the molecule is C[C@H](Sc1nnc(-c2cccnc2)n1Cc1ccccc1)c1ccccc1Cl. The molecule has 0 fully saturated rings. The monoisotopic (exact) mass is 406 g/mol. The lowest BCUT2D eigenvalue weighted by Crippen LogP contribution is -2.05. The van der Waals surface area contributed by atoms with Crippen LogP contribution in [0.4, 0.5) is 0 Å². The highest BCUT2D eigenvalue weighted by molar-refractivity contribution is 7.99. The summed E-state index contributed by atoms with van der Waals surface area (Å²) in [4.78, 5) is 4.23. The van der Waals surface area contributed by atoms with E-state index in [2.05, 4.69) is 44.9 Å². The summed E-state index contributed by atoms with van der Waals surface area (Å²) in [6.07, 6.45) is 3.58. The molecule has 0 saturated heterocycles. The van der Waals surface area contributed by atoms with E-state index in [1.807, 2.05) is 54.7 Å². The third kappa shape index (κ3) is 4.11. The Morgan fingerprint density at radius 1 is 0.964 bits per heavy atom. The molecule has 0 unspecified atom stereocenters. The van der Waals surface area contributed by atoms with E-state index in [0.717, 1.165) is 27.1 Å². The van der Waals surface area contributed by atoms with Crippen LogP contribution in [0.1, 0.15) is 23.3 Å². The molecule has 0 spiro atoms. The lowest BCUT2D eigenvalue weighted by atomic mass is 10.2. The van der Waals surface area contributed by atoms with Gasteiger partial charge >= 0.3 is 0 Å². The van der Waals surface area contributed by atoms with Crippen molar-refractivity contribution in [3.8, 4) is 11.4 Å². The number of pyridine rings is 1. The second-order valence-electron chi connectivity index (χ2n) is 6.40. The molecule has 4 nitrogen and oxygen atoms in total. The highest BCUT2D eigenvalue weighted by Gasteiger charge is 2.19. The second-order valence-corrected chi connectivity index (χ2v) is 8.12. The molecule has 4 aromatic rings. The van der Waals surface area contributed by atoms with Crippen molar-refractivity contribution < 1.29 is 0 Å². The Hall–Kier alpha value is -2.63. The Balaban J connectivity index is 1.70. The van der Waals surface area contributed by atoms with Crippen molar-refractivity contribution in [3.63, 3.8) is 0 Å². The first-order valence-electron chi connectivity index (χ1n) is 9.01. The standard InChI is InChI=1S/C22H19ClN4S/c1-16(19-11-5-6-12-20(19)23)28-22-26-25-21(18-10-7-13-24-14-18)27(22)15-17-8-3-2-4-9-17/h2-14,16H,15H2,1H3/t16-/m0/s1. The average Bonchev–Trinajstić information content (AvgIpc) is 3.12. The van der Waals surface area contributed by atoms with Gasteiger partial charge in [-0.25, -0.2) is 0 Å². The van der Waals surface area contributed by atoms with Crippen LogP contribution in [0, 0.1) is 0 Å². The number of rotatable bonds is 6. The topological polar surface area (TPSA) is 43.6 Å². The predicted octanol–water partition coefficient (Wildman–Crippen LogP) is 5.90. The Morgan fingerprint density at radius 2 is 1.75 bits per heavy atom. The van der Waals surface area contributed by atoms with Gasteiger partial charge in [0.1, 0.15) is 0 Å². The number of halogens is 1. The Kier molecular flexibility index (Phi) is 5.74. The second kappa shape index (κ2) is 8.59. The summed E-state index contributed by atoms with van der Waals surface area (Å²) >= 11 is 8.05. The van der Waals surface area contributed by atoms with Crippen molar-refractivity contribution in [2.45, 2.75) is 23.9 Å². The van der Waals surface area contributed by atoms with Gasteiger partial charge in [0.15, 0.2) is 11.0 Å². The van der Waals surface area contributed by atoms with Crippen LogP contribution in [0.25, 0.3) is 11.4 Å². The summed E-state index contributed by atoms with van der Waals surface area (Å²) in [7, 11) is 0. The fourth-order valence-electron chi connectivity index (χ4n) is 3.02. The molecule has 0 bridgehead atoms. The number of nitrogens with zero attached hydrogens (tertiary/aromatic N) is 4. The lowest BCUT2D eigenvalue weighted by molar-refractivity contribution is 0.712. The fourth-order valence-corrected chi connectivity index (χ4v) is 4.40. The molecular formula is C22H19ClN4S. The Bertz CT molecular complexity index is 1050. The molecule has 6 heteroatoms. The highest BCUT2D eigenvalue weighted by Crippen LogP contribution is 2.38. The summed E-state index contributed by atoms with van der Waals surface area (Å²) in [5.74, 6) is 0.811. The molecule has 0 aliphatic heterocycles. The first kappa shape index (κ1) is 18.7. The first-order valence-corrected chi connectivity index (χ1v) is 10.3. The van der Waals surface area contributed by atoms with Gasteiger partial charge in [-0.1, -0.05) is 71.9 Å². The van der Waals surface area contributed by atoms with E-state index in [1.165, 1.54) is 5.56 Å². The minimum absolute atomic E-state index is 0.147. The molecule has 140 valence electrons. The summed E-state index contributed by atoms with van der Waals surface area (Å²) in [5, 5.41) is 10.7. The van der Waals surface area contributed by atoms with E-state index >= 15 is 0 Å². The number of thioether (sulfide) groups is 1. The van der Waals surface area contributed by atoms with Gasteiger partial charge in [0, 0.05) is 28.2 Å². The molecule has 0 aliphatic rings. The first-order chi connectivity index (χ1) is 13.7. The van der Waals surface area contributed by atoms with Crippen molar-refractivity contribution in [1.29, 1.82) is 0 Å². The molecular weight excluding hydrogens is 388 g/mol. The number of hydrogen-bond donors (Lipinski definition) is 0. The van der Waals surface area contributed by atoms with Crippen LogP contribution < -0.4 is 0 Å². The molecule has 0 saturated carbocycles. The van der Waals surface area contributed by atoms with Gasteiger partial charge in [-0.05, 0) is 36.2 Å². The number of aromatic nitrogens is 4. The van der Waals surface area contributed by atoms with Crippen molar-refractivity contribution >= 4 is 23.4 Å². The maximum absolute atomic E-state index is 6.39. The Labute approximate surface area is 173 Å². The van der Waals surface area contributed by atoms with Gasteiger partial charge in [0.2, 0.25) is 0 Å². The van der Waals surface area contributed by atoms with Crippen molar-refractivity contribution in [3.05, 3.63) is 95.3 Å². The van der Waals surface area contributed by atoms with Gasteiger partial charge in [0.05, 0.1) is 6.54 Å². The van der Waals surface area contributed by atoms with E-state index in [9.17, 15) is 0 Å². The van der Waals surface area contributed by atoms with Gasteiger partial charge in [-0.2, -0.15) is 0 Å². The van der Waals surface area contributed by atoms with Crippen LogP contribution in [0.5, 0.6) is 0 Å². The van der Waals surface area contributed by atoms with Crippen molar-refractivity contribution in [1.82, 2.24) is 19.7 Å². The quantitative estimate of drug-likeness (QED) is 0.374. The zero-order valence-electron chi connectivity index (χ0n) is 15.4. The molecule has 4 rings (SSSR count). The molecule has 2 aromatic carbocycles. The molecule has 0 aliphatic carbocycles. The van der Waals surface area contributed by atoms with E-state index in [4.69, 9.17) is 11.6 Å². The van der Waals surface area contributed by atoms with Crippen LogP contribution in [0.3, 0.4) is 0 Å². The summed E-state index contributed by atoms with van der Waals surface area (Å²) in [6.45, 7) is 2.83. The maximum Gasteiger partial charge on any atom is 0.192 e.